The van der Waals surface area contributed by atoms with Crippen LogP contribution in [-0.2, 0) is 16.6 Å². The number of amides is 1. The van der Waals surface area contributed by atoms with E-state index in [2.05, 4.69) is 5.10 Å². The molecular formula is C13H19N3O3. The number of ether oxygens (including phenoxy) is 1. The van der Waals surface area contributed by atoms with Crippen molar-refractivity contribution in [2.24, 2.45) is 7.05 Å². The van der Waals surface area contributed by atoms with Gasteiger partial charge < -0.3 is 14.7 Å². The molecule has 1 aromatic rings. The van der Waals surface area contributed by atoms with Gasteiger partial charge in [-0.2, -0.15) is 5.10 Å². The van der Waals surface area contributed by atoms with E-state index in [1.165, 1.54) is 6.20 Å². The molecule has 1 spiro atoms. The second kappa shape index (κ2) is 4.61. The number of nitrogens with zero attached hydrogens (tertiary/aromatic N) is 3. The summed E-state index contributed by atoms with van der Waals surface area (Å²) in [6.07, 6.45) is 5.16. The first-order valence-electron chi connectivity index (χ1n) is 6.68. The average molecular weight is 265 g/mol. The maximum atomic E-state index is 12.5. The van der Waals surface area contributed by atoms with Crippen LogP contribution < -0.4 is 0 Å². The van der Waals surface area contributed by atoms with Crippen molar-refractivity contribution < 1.29 is 14.6 Å². The summed E-state index contributed by atoms with van der Waals surface area (Å²) < 4.78 is 7.09. The SMILES string of the molecule is Cn1cc(C(O)C(=O)N2CCOCC23CCC3)cn1. The Bertz CT molecular complexity index is 481. The number of rotatable bonds is 2. The highest BCUT2D eigenvalue weighted by Gasteiger charge is 2.48. The maximum absolute atomic E-state index is 12.5. The predicted molar refractivity (Wildman–Crippen MR) is 67.3 cm³/mol. The molecule has 2 heterocycles. The summed E-state index contributed by atoms with van der Waals surface area (Å²) in [5.41, 5.74) is 0.381. The van der Waals surface area contributed by atoms with Crippen molar-refractivity contribution in [1.82, 2.24) is 14.7 Å². The van der Waals surface area contributed by atoms with E-state index in [0.29, 0.717) is 25.3 Å². The monoisotopic (exact) mass is 265 g/mol. The summed E-state index contributed by atoms with van der Waals surface area (Å²) >= 11 is 0. The highest BCUT2D eigenvalue weighted by molar-refractivity contribution is 5.83. The van der Waals surface area contributed by atoms with Crippen LogP contribution in [0.3, 0.4) is 0 Å². The number of aryl methyl sites for hydroxylation is 1. The number of hydrogen-bond donors (Lipinski definition) is 1. The van der Waals surface area contributed by atoms with E-state index in [0.717, 1.165) is 19.3 Å². The fraction of sp³-hybridized carbons (Fsp3) is 0.692. The molecule has 6 nitrogen and oxygen atoms in total. The maximum Gasteiger partial charge on any atom is 0.256 e. The Kier molecular flexibility index (Phi) is 3.06. The molecule has 0 aromatic carbocycles. The Labute approximate surface area is 112 Å². The van der Waals surface area contributed by atoms with Crippen molar-refractivity contribution in [2.45, 2.75) is 30.9 Å². The molecule has 1 aromatic heterocycles. The van der Waals surface area contributed by atoms with Crippen molar-refractivity contribution in [3.8, 4) is 0 Å². The van der Waals surface area contributed by atoms with Crippen LogP contribution >= 0.6 is 0 Å². The third kappa shape index (κ3) is 2.04. The first kappa shape index (κ1) is 12.6. The van der Waals surface area contributed by atoms with Crippen LogP contribution in [0.5, 0.6) is 0 Å². The smallest absolute Gasteiger partial charge is 0.256 e. The molecule has 6 heteroatoms. The topological polar surface area (TPSA) is 67.6 Å². The molecule has 3 rings (SSSR count). The van der Waals surface area contributed by atoms with E-state index in [-0.39, 0.29) is 11.4 Å². The molecule has 2 aliphatic rings. The zero-order valence-corrected chi connectivity index (χ0v) is 11.1. The van der Waals surface area contributed by atoms with Crippen LogP contribution in [0.15, 0.2) is 12.4 Å². The molecule has 19 heavy (non-hydrogen) atoms. The highest BCUT2D eigenvalue weighted by Crippen LogP contribution is 2.40. The van der Waals surface area contributed by atoms with E-state index in [4.69, 9.17) is 4.74 Å². The van der Waals surface area contributed by atoms with Crippen LogP contribution in [0, 0.1) is 0 Å². The molecule has 1 unspecified atom stereocenters. The van der Waals surface area contributed by atoms with Crippen LogP contribution in [0.2, 0.25) is 0 Å². The van der Waals surface area contributed by atoms with Crippen molar-refractivity contribution in [1.29, 1.82) is 0 Å². The molecule has 1 aliphatic carbocycles. The molecule has 1 amide bonds. The van der Waals surface area contributed by atoms with Gasteiger partial charge in [0.2, 0.25) is 0 Å². The fourth-order valence-corrected chi connectivity index (χ4v) is 2.95. The summed E-state index contributed by atoms with van der Waals surface area (Å²) in [6.45, 7) is 1.71. The van der Waals surface area contributed by atoms with Crippen LogP contribution in [0.25, 0.3) is 0 Å². The number of aliphatic hydroxyl groups is 1. The van der Waals surface area contributed by atoms with Crippen molar-refractivity contribution in [3.05, 3.63) is 18.0 Å². The second-order valence-corrected chi connectivity index (χ2v) is 5.47. The van der Waals surface area contributed by atoms with Crippen LogP contribution in [0.4, 0.5) is 0 Å². The van der Waals surface area contributed by atoms with Gasteiger partial charge in [0.15, 0.2) is 6.10 Å². The lowest BCUT2D eigenvalue weighted by atomic mass is 9.75. The van der Waals surface area contributed by atoms with Crippen LogP contribution in [0.1, 0.15) is 30.9 Å². The normalized spacial score (nSPS) is 23.2. The summed E-state index contributed by atoms with van der Waals surface area (Å²) in [5, 5.41) is 14.2. The molecular weight excluding hydrogens is 246 g/mol. The summed E-state index contributed by atoms with van der Waals surface area (Å²) in [5.74, 6) is -0.226. The largest absolute Gasteiger partial charge is 0.378 e. The van der Waals surface area contributed by atoms with Gasteiger partial charge in [-0.15, -0.1) is 0 Å². The second-order valence-electron chi connectivity index (χ2n) is 5.47. The average Bonchev–Trinajstić information content (AvgIpc) is 2.82. The molecule has 1 aliphatic heterocycles. The molecule has 1 N–H and O–H groups in total. The van der Waals surface area contributed by atoms with Crippen LogP contribution in [-0.4, -0.2) is 51.0 Å². The molecule has 2 fully saturated rings. The van der Waals surface area contributed by atoms with E-state index >= 15 is 0 Å². The van der Waals surface area contributed by atoms with Crippen molar-refractivity contribution in [2.75, 3.05) is 19.8 Å². The summed E-state index contributed by atoms with van der Waals surface area (Å²) in [6, 6.07) is 0. The number of carbonyl (C=O) groups excluding carboxylic acids is 1. The third-order valence-corrected chi connectivity index (χ3v) is 4.23. The van der Waals surface area contributed by atoms with Crippen molar-refractivity contribution in [3.63, 3.8) is 0 Å². The molecule has 0 radical (unpaired) electrons. The number of morpholine rings is 1. The van der Waals surface area contributed by atoms with Gasteiger partial charge in [-0.3, -0.25) is 9.48 Å². The molecule has 1 saturated carbocycles. The van der Waals surface area contributed by atoms with Gasteiger partial charge in [0.25, 0.3) is 5.91 Å². The lowest BCUT2D eigenvalue weighted by molar-refractivity contribution is -0.167. The van der Waals surface area contributed by atoms with E-state index in [1.54, 1.807) is 17.9 Å². The van der Waals surface area contributed by atoms with Gasteiger partial charge in [-0.1, -0.05) is 0 Å². The lowest BCUT2D eigenvalue weighted by Gasteiger charge is -2.53. The number of aromatic nitrogens is 2. The van der Waals surface area contributed by atoms with Gasteiger partial charge in [0.1, 0.15) is 0 Å². The van der Waals surface area contributed by atoms with Gasteiger partial charge in [-0.05, 0) is 19.3 Å². The van der Waals surface area contributed by atoms with Gasteiger partial charge >= 0.3 is 0 Å². The summed E-state index contributed by atoms with van der Waals surface area (Å²) in [7, 11) is 1.77. The Morgan fingerprint density at radius 1 is 1.58 bits per heavy atom. The number of carbonyl (C=O) groups is 1. The van der Waals surface area contributed by atoms with Gasteiger partial charge in [0.05, 0.1) is 24.9 Å². The zero-order chi connectivity index (χ0) is 13.5. The fourth-order valence-electron chi connectivity index (χ4n) is 2.95. The third-order valence-electron chi connectivity index (χ3n) is 4.23. The minimum absolute atomic E-state index is 0.168. The van der Waals surface area contributed by atoms with Gasteiger partial charge in [-0.25, -0.2) is 0 Å². The first-order chi connectivity index (χ1) is 9.12. The summed E-state index contributed by atoms with van der Waals surface area (Å²) in [4.78, 5) is 14.3. The molecule has 0 bridgehead atoms. The number of aliphatic hydroxyl groups excluding tert-OH is 1. The Hall–Kier alpha value is -1.40. The Balaban J connectivity index is 1.78. The molecule has 104 valence electrons. The quantitative estimate of drug-likeness (QED) is 0.831. The van der Waals surface area contributed by atoms with Gasteiger partial charge in [0, 0.05) is 25.4 Å². The van der Waals surface area contributed by atoms with E-state index < -0.39 is 6.10 Å². The van der Waals surface area contributed by atoms with Crippen molar-refractivity contribution >= 4 is 5.91 Å². The minimum atomic E-state index is -1.12. The predicted octanol–water partition coefficient (Wildman–Crippen LogP) is 0.235. The van der Waals surface area contributed by atoms with E-state index in [1.807, 2.05) is 4.90 Å². The zero-order valence-electron chi connectivity index (χ0n) is 11.1. The lowest BCUT2D eigenvalue weighted by Crippen LogP contribution is -2.63. The number of hydrogen-bond acceptors (Lipinski definition) is 4. The Morgan fingerprint density at radius 3 is 2.95 bits per heavy atom. The molecule has 1 saturated heterocycles. The highest BCUT2D eigenvalue weighted by atomic mass is 16.5. The minimum Gasteiger partial charge on any atom is -0.378 e. The van der Waals surface area contributed by atoms with E-state index in [9.17, 15) is 9.90 Å². The first-order valence-corrected chi connectivity index (χ1v) is 6.68. The Morgan fingerprint density at radius 2 is 2.37 bits per heavy atom. The standard InChI is InChI=1S/C13H19N3O3/c1-15-8-10(7-14-15)11(17)12(18)16-5-6-19-9-13(16)3-2-4-13/h7-8,11,17H,2-6,9H2,1H3. The molecule has 1 atom stereocenters.